The predicted octanol–water partition coefficient (Wildman–Crippen LogP) is 0.189. The van der Waals surface area contributed by atoms with E-state index in [2.05, 4.69) is 26.6 Å². The molecule has 1 heterocycles. The van der Waals surface area contributed by atoms with Gasteiger partial charge in [0.25, 0.3) is 0 Å². The highest BCUT2D eigenvalue weighted by Crippen LogP contribution is 2.27. The van der Waals surface area contributed by atoms with E-state index in [9.17, 15) is 48.3 Å². The first-order valence-corrected chi connectivity index (χ1v) is 17.9. The van der Waals surface area contributed by atoms with Crippen LogP contribution in [0.5, 0.6) is 0 Å². The van der Waals surface area contributed by atoms with Crippen molar-refractivity contribution in [1.82, 2.24) is 26.6 Å². The summed E-state index contributed by atoms with van der Waals surface area (Å²) < 4.78 is 27.1. The SMILES string of the molecule is CC[C@H](C)[C@H](NC(=O)[C@H](CC(=O)N[C@@H]1O[C@H](COC(C)=O)[C@@H](OC(C)=O)[C@H](OC(C)=O)[C@H]1NC(C)=O)NC(=O)[C@H](CC(C)C)NC(=O)OC(C)(C)C)C(=O)O. The number of carbonyl (C=O) groups excluding carboxylic acids is 8. The Labute approximate surface area is 320 Å². The van der Waals surface area contributed by atoms with E-state index in [1.807, 2.05) is 0 Å². The number of rotatable bonds is 18. The second-order valence-corrected chi connectivity index (χ2v) is 14.6. The lowest BCUT2D eigenvalue weighted by atomic mass is 9.94. The molecule has 9 atom stereocenters. The van der Waals surface area contributed by atoms with Crippen LogP contribution in [0.3, 0.4) is 0 Å². The minimum absolute atomic E-state index is 0.0787. The number of nitrogens with one attached hydrogen (secondary N) is 5. The molecule has 0 aromatic carbocycles. The van der Waals surface area contributed by atoms with Gasteiger partial charge in [0.15, 0.2) is 18.4 Å². The van der Waals surface area contributed by atoms with Gasteiger partial charge in [-0.15, -0.1) is 0 Å². The van der Waals surface area contributed by atoms with Crippen molar-refractivity contribution in [2.75, 3.05) is 6.61 Å². The minimum Gasteiger partial charge on any atom is -0.480 e. The van der Waals surface area contributed by atoms with E-state index in [4.69, 9.17) is 23.7 Å². The van der Waals surface area contributed by atoms with E-state index in [0.29, 0.717) is 6.42 Å². The third-order valence-corrected chi connectivity index (χ3v) is 7.93. The van der Waals surface area contributed by atoms with Gasteiger partial charge >= 0.3 is 30.0 Å². The van der Waals surface area contributed by atoms with Crippen molar-refractivity contribution in [1.29, 1.82) is 0 Å². The lowest BCUT2D eigenvalue weighted by Crippen LogP contribution is -2.69. The van der Waals surface area contributed by atoms with Crippen LogP contribution in [-0.2, 0) is 62.0 Å². The molecule has 0 aliphatic carbocycles. The first-order valence-electron chi connectivity index (χ1n) is 17.9. The third-order valence-electron chi connectivity index (χ3n) is 7.93. The molecule has 0 unspecified atom stereocenters. The van der Waals surface area contributed by atoms with Crippen LogP contribution >= 0.6 is 0 Å². The molecule has 1 rings (SSSR count). The van der Waals surface area contributed by atoms with Gasteiger partial charge in [-0.2, -0.15) is 0 Å². The van der Waals surface area contributed by atoms with Crippen LogP contribution in [0.4, 0.5) is 4.79 Å². The Balaban J connectivity index is 3.63. The standard InChI is InChI=1S/C35H57N5O15/c1-12-17(4)26(33(48)49)40-31(47)23(37-30(46)22(13-16(2)3)38-34(50)55-35(9,10)11)14-25(45)39-32-27(36-18(5)41)29(53-21(8)44)28(52-20(7)43)24(54-32)15-51-19(6)42/h16-17,22-24,26-29,32H,12-15H2,1-11H3,(H,36,41)(H,37,46)(H,38,50)(H,39,45)(H,40,47)(H,48,49)/t17-,22-,23-,24+,26-,27+,28+,29+,32+/m0/s1. The molecule has 1 aliphatic rings. The summed E-state index contributed by atoms with van der Waals surface area (Å²) >= 11 is 0. The minimum atomic E-state index is -1.74. The first kappa shape index (κ1) is 48.0. The maximum Gasteiger partial charge on any atom is 0.408 e. The molecule has 6 N–H and O–H groups in total. The number of carboxylic acid groups (broad SMARTS) is 1. The van der Waals surface area contributed by atoms with Gasteiger partial charge in [0.05, 0.1) is 6.42 Å². The lowest BCUT2D eigenvalue weighted by Gasteiger charge is -2.45. The molecule has 20 nitrogen and oxygen atoms in total. The molecular formula is C35H57N5O15. The van der Waals surface area contributed by atoms with E-state index in [0.717, 1.165) is 27.7 Å². The highest BCUT2D eigenvalue weighted by molar-refractivity contribution is 5.95. The van der Waals surface area contributed by atoms with Crippen LogP contribution in [0.1, 0.15) is 95.4 Å². The monoisotopic (exact) mass is 787 g/mol. The number of ether oxygens (including phenoxy) is 5. The predicted molar refractivity (Wildman–Crippen MR) is 190 cm³/mol. The van der Waals surface area contributed by atoms with Crippen LogP contribution in [-0.4, -0.2) is 120 Å². The molecule has 0 aromatic rings. The molecule has 0 radical (unpaired) electrons. The van der Waals surface area contributed by atoms with Crippen molar-refractivity contribution in [3.8, 4) is 0 Å². The van der Waals surface area contributed by atoms with Gasteiger partial charge in [0, 0.05) is 27.7 Å². The average Bonchev–Trinajstić information content (AvgIpc) is 3.02. The Hall–Kier alpha value is -5.01. The molecule has 0 spiro atoms. The number of aliphatic carboxylic acids is 1. The number of hydrogen-bond donors (Lipinski definition) is 6. The van der Waals surface area contributed by atoms with Crippen molar-refractivity contribution in [2.24, 2.45) is 11.8 Å². The number of carbonyl (C=O) groups is 9. The summed E-state index contributed by atoms with van der Waals surface area (Å²) in [5.41, 5.74) is -0.911. The fourth-order valence-electron chi connectivity index (χ4n) is 5.43. The quantitative estimate of drug-likeness (QED) is 0.0799. The molecule has 55 heavy (non-hydrogen) atoms. The number of alkyl carbamates (subject to hydrolysis) is 1. The molecule has 1 saturated heterocycles. The molecule has 20 heteroatoms. The van der Waals surface area contributed by atoms with Crippen LogP contribution in [0, 0.1) is 11.8 Å². The number of esters is 3. The Bertz CT molecular complexity index is 1410. The summed E-state index contributed by atoms with van der Waals surface area (Å²) in [6.45, 7) is 15.4. The van der Waals surface area contributed by atoms with E-state index < -0.39 is 127 Å². The van der Waals surface area contributed by atoms with Gasteiger partial charge in [0.1, 0.15) is 42.5 Å². The van der Waals surface area contributed by atoms with Gasteiger partial charge in [0.2, 0.25) is 23.6 Å². The number of hydrogen-bond acceptors (Lipinski definition) is 14. The highest BCUT2D eigenvalue weighted by atomic mass is 16.6. The smallest absolute Gasteiger partial charge is 0.408 e. The number of carboxylic acids is 1. The van der Waals surface area contributed by atoms with Crippen molar-refractivity contribution >= 4 is 53.6 Å². The van der Waals surface area contributed by atoms with Crippen molar-refractivity contribution in [3.63, 3.8) is 0 Å². The van der Waals surface area contributed by atoms with Crippen LogP contribution in [0.2, 0.25) is 0 Å². The van der Waals surface area contributed by atoms with Crippen molar-refractivity contribution < 1.29 is 71.9 Å². The largest absolute Gasteiger partial charge is 0.480 e. The molecule has 5 amide bonds. The van der Waals surface area contributed by atoms with Crippen LogP contribution < -0.4 is 26.6 Å². The molecule has 0 saturated carbocycles. The molecule has 1 fully saturated rings. The second kappa shape index (κ2) is 21.8. The Morgan fingerprint density at radius 3 is 1.80 bits per heavy atom. The fraction of sp³-hybridized carbons (Fsp3) is 0.743. The fourth-order valence-corrected chi connectivity index (χ4v) is 5.43. The topological polar surface area (TPSA) is 280 Å². The van der Waals surface area contributed by atoms with Gasteiger partial charge < -0.3 is 55.4 Å². The van der Waals surface area contributed by atoms with Crippen LogP contribution in [0.15, 0.2) is 0 Å². The first-order chi connectivity index (χ1) is 25.3. The van der Waals surface area contributed by atoms with Crippen LogP contribution in [0.25, 0.3) is 0 Å². The Morgan fingerprint density at radius 1 is 0.764 bits per heavy atom. The lowest BCUT2D eigenvalue weighted by molar-refractivity contribution is -0.228. The number of amides is 5. The van der Waals surface area contributed by atoms with E-state index >= 15 is 0 Å². The van der Waals surface area contributed by atoms with Gasteiger partial charge in [-0.05, 0) is 39.0 Å². The molecule has 312 valence electrons. The molecular weight excluding hydrogens is 730 g/mol. The average molecular weight is 788 g/mol. The normalized spacial score (nSPS) is 21.6. The zero-order chi connectivity index (χ0) is 42.4. The third kappa shape index (κ3) is 17.3. The maximum absolute atomic E-state index is 13.8. The summed E-state index contributed by atoms with van der Waals surface area (Å²) in [6.07, 6.45) is -7.27. The van der Waals surface area contributed by atoms with Crippen molar-refractivity contribution in [2.45, 2.75) is 150 Å². The molecule has 1 aliphatic heterocycles. The van der Waals surface area contributed by atoms with Crippen molar-refractivity contribution in [3.05, 3.63) is 0 Å². The van der Waals surface area contributed by atoms with Gasteiger partial charge in [-0.25, -0.2) is 9.59 Å². The van der Waals surface area contributed by atoms with Gasteiger partial charge in [-0.1, -0.05) is 34.1 Å². The molecule has 0 bridgehead atoms. The Kier molecular flexibility index (Phi) is 19.0. The highest BCUT2D eigenvalue weighted by Gasteiger charge is 2.51. The summed E-state index contributed by atoms with van der Waals surface area (Å²) in [7, 11) is 0. The molecule has 0 aromatic heterocycles. The summed E-state index contributed by atoms with van der Waals surface area (Å²) in [5.74, 6) is -8.21. The van der Waals surface area contributed by atoms with E-state index in [1.54, 1.807) is 48.5 Å². The Morgan fingerprint density at radius 2 is 1.33 bits per heavy atom. The zero-order valence-corrected chi connectivity index (χ0v) is 33.3. The zero-order valence-electron chi connectivity index (χ0n) is 33.3. The summed E-state index contributed by atoms with van der Waals surface area (Å²) in [5, 5.41) is 22.1. The van der Waals surface area contributed by atoms with Gasteiger partial charge in [-0.3, -0.25) is 33.6 Å². The van der Waals surface area contributed by atoms with E-state index in [1.165, 1.54) is 0 Å². The summed E-state index contributed by atoms with van der Waals surface area (Å²) in [6, 6.07) is -5.85. The maximum atomic E-state index is 13.8. The van der Waals surface area contributed by atoms with E-state index in [-0.39, 0.29) is 12.3 Å². The second-order valence-electron chi connectivity index (χ2n) is 14.6. The summed E-state index contributed by atoms with van der Waals surface area (Å²) in [4.78, 5) is 114.